The van der Waals surface area contributed by atoms with Gasteiger partial charge in [-0.15, -0.1) is 11.8 Å². The van der Waals surface area contributed by atoms with Crippen molar-refractivity contribution in [2.45, 2.75) is 23.3 Å². The lowest BCUT2D eigenvalue weighted by Gasteiger charge is -2.14. The highest BCUT2D eigenvalue weighted by Gasteiger charge is 2.13. The molecule has 0 fully saturated rings. The van der Waals surface area contributed by atoms with Crippen molar-refractivity contribution >= 4 is 21.8 Å². The zero-order valence-electron chi connectivity index (χ0n) is 14.2. The summed E-state index contributed by atoms with van der Waals surface area (Å²) in [6.45, 7) is 2.73. The van der Waals surface area contributed by atoms with Crippen LogP contribution in [0.15, 0.2) is 46.2 Å². The molecule has 0 aliphatic heterocycles. The van der Waals surface area contributed by atoms with Gasteiger partial charge in [0.1, 0.15) is 11.5 Å². The molecule has 0 radical (unpaired) electrons. The predicted octanol–water partition coefficient (Wildman–Crippen LogP) is 2.24. The average Bonchev–Trinajstić information content (AvgIpc) is 2.55. The molecule has 0 aliphatic carbocycles. The largest absolute Gasteiger partial charge is 0.457 e. The highest BCUT2D eigenvalue weighted by molar-refractivity contribution is 7.98. The molecule has 0 saturated heterocycles. The third-order valence-electron chi connectivity index (χ3n) is 3.56. The van der Waals surface area contributed by atoms with E-state index >= 15 is 0 Å². The van der Waals surface area contributed by atoms with E-state index in [0.717, 1.165) is 5.56 Å². The minimum absolute atomic E-state index is 0.0135. The van der Waals surface area contributed by atoms with Gasteiger partial charge in [-0.05, 0) is 55.1 Å². The van der Waals surface area contributed by atoms with Gasteiger partial charge in [-0.25, -0.2) is 13.6 Å². The van der Waals surface area contributed by atoms with Crippen molar-refractivity contribution in [3.8, 4) is 11.5 Å². The van der Waals surface area contributed by atoms with E-state index < -0.39 is 10.0 Å². The van der Waals surface area contributed by atoms with E-state index in [2.05, 4.69) is 5.32 Å². The molecule has 0 saturated carbocycles. The summed E-state index contributed by atoms with van der Waals surface area (Å²) in [6.07, 6.45) is 2.01. The molecule has 2 aromatic rings. The summed E-state index contributed by atoms with van der Waals surface area (Å²) in [6, 6.07) is 10.3. The maximum atomic E-state index is 11.6. The molecule has 136 valence electrons. The van der Waals surface area contributed by atoms with Gasteiger partial charge in [0.05, 0.1) is 11.5 Å². The average molecular weight is 383 g/mol. The molecule has 2 rings (SSSR count). The Morgan fingerprint density at radius 1 is 1.24 bits per heavy atom. The van der Waals surface area contributed by atoms with Crippen LogP contribution in [-0.2, 0) is 16.6 Å². The fourth-order valence-electron chi connectivity index (χ4n) is 2.31. The van der Waals surface area contributed by atoms with Gasteiger partial charge in [0.15, 0.2) is 0 Å². The van der Waals surface area contributed by atoms with Crippen molar-refractivity contribution in [2.75, 3.05) is 19.4 Å². The Labute approximate surface area is 152 Å². The number of thioether (sulfide) groups is 1. The van der Waals surface area contributed by atoms with Crippen LogP contribution < -0.4 is 15.2 Å². The lowest BCUT2D eigenvalue weighted by molar-refractivity contribution is 0.291. The smallest absolute Gasteiger partial charge is 0.238 e. The molecule has 25 heavy (non-hydrogen) atoms. The maximum Gasteiger partial charge on any atom is 0.238 e. The van der Waals surface area contributed by atoms with Crippen LogP contribution in [-0.4, -0.2) is 32.9 Å². The predicted molar refractivity (Wildman–Crippen MR) is 99.6 cm³/mol. The summed E-state index contributed by atoms with van der Waals surface area (Å²) < 4.78 is 29.1. The molecule has 0 spiro atoms. The number of hydrogen-bond acceptors (Lipinski definition) is 6. The van der Waals surface area contributed by atoms with Crippen molar-refractivity contribution in [1.82, 2.24) is 5.32 Å². The van der Waals surface area contributed by atoms with Crippen LogP contribution in [0, 0.1) is 6.92 Å². The van der Waals surface area contributed by atoms with Crippen molar-refractivity contribution in [2.24, 2.45) is 5.14 Å². The van der Waals surface area contributed by atoms with Crippen LogP contribution in [0.2, 0.25) is 0 Å². The van der Waals surface area contributed by atoms with E-state index in [1.807, 2.05) is 31.4 Å². The summed E-state index contributed by atoms with van der Waals surface area (Å²) >= 11 is 1.66. The van der Waals surface area contributed by atoms with E-state index in [-0.39, 0.29) is 11.5 Å². The van der Waals surface area contributed by atoms with E-state index in [1.165, 1.54) is 17.0 Å². The number of nitrogens with two attached hydrogens (primary N) is 1. The zero-order valence-corrected chi connectivity index (χ0v) is 15.8. The first kappa shape index (κ1) is 19.7. The number of benzene rings is 2. The van der Waals surface area contributed by atoms with Crippen LogP contribution in [0.1, 0.15) is 11.1 Å². The molecule has 2 aromatic carbocycles. The first-order valence-electron chi connectivity index (χ1n) is 7.65. The molecule has 0 bridgehead atoms. The fraction of sp³-hybridized carbons (Fsp3) is 0.294. The van der Waals surface area contributed by atoms with Gasteiger partial charge in [-0.1, -0.05) is 0 Å². The Kier molecular flexibility index (Phi) is 6.86. The molecule has 0 amide bonds. The second kappa shape index (κ2) is 8.68. The van der Waals surface area contributed by atoms with E-state index in [1.54, 1.807) is 17.8 Å². The number of ether oxygens (including phenoxy) is 1. The summed E-state index contributed by atoms with van der Waals surface area (Å²) in [7, 11) is -3.80. The molecule has 0 atom stereocenters. The number of primary sulfonamides is 1. The normalized spacial score (nSPS) is 11.5. The summed E-state index contributed by atoms with van der Waals surface area (Å²) in [5.41, 5.74) is 1.75. The number of aliphatic hydroxyl groups is 1. The molecule has 0 aliphatic rings. The van der Waals surface area contributed by atoms with Gasteiger partial charge in [0.2, 0.25) is 10.0 Å². The molecule has 6 nitrogen and oxygen atoms in total. The van der Waals surface area contributed by atoms with E-state index in [4.69, 9.17) is 15.0 Å². The lowest BCUT2D eigenvalue weighted by atomic mass is 10.2. The van der Waals surface area contributed by atoms with Gasteiger partial charge < -0.3 is 15.2 Å². The Morgan fingerprint density at radius 3 is 2.60 bits per heavy atom. The standard InChI is InChI=1S/C17H22N2O4S2/c1-12-9-14(3-6-17(12)24-2)23-16-5-4-15(25(18,21)22)10-13(16)11-19-7-8-20/h3-6,9-10,19-20H,7-8,11H2,1-2H3,(H2,18,21,22). The van der Waals surface area contributed by atoms with Gasteiger partial charge in [-0.3, -0.25) is 0 Å². The summed E-state index contributed by atoms with van der Waals surface area (Å²) in [5.74, 6) is 1.20. The Bertz CT molecular complexity index is 839. The minimum atomic E-state index is -3.80. The SMILES string of the molecule is CSc1ccc(Oc2ccc(S(N)(=O)=O)cc2CNCCO)cc1C. The van der Waals surface area contributed by atoms with Crippen LogP contribution in [0.4, 0.5) is 0 Å². The first-order chi connectivity index (χ1) is 11.8. The van der Waals surface area contributed by atoms with Crippen molar-refractivity contribution in [1.29, 1.82) is 0 Å². The third kappa shape index (κ3) is 5.45. The van der Waals surface area contributed by atoms with Gasteiger partial charge in [-0.2, -0.15) is 0 Å². The Morgan fingerprint density at radius 2 is 2.00 bits per heavy atom. The highest BCUT2D eigenvalue weighted by Crippen LogP contribution is 2.30. The molecule has 0 heterocycles. The quantitative estimate of drug-likeness (QED) is 0.478. The van der Waals surface area contributed by atoms with E-state index in [0.29, 0.717) is 30.2 Å². The monoisotopic (exact) mass is 382 g/mol. The highest BCUT2D eigenvalue weighted by atomic mass is 32.2. The van der Waals surface area contributed by atoms with Gasteiger partial charge in [0.25, 0.3) is 0 Å². The van der Waals surface area contributed by atoms with Crippen molar-refractivity contribution in [3.05, 3.63) is 47.5 Å². The maximum absolute atomic E-state index is 11.6. The topological polar surface area (TPSA) is 102 Å². The molecule has 0 unspecified atom stereocenters. The molecular formula is C17H22N2O4S2. The number of rotatable bonds is 8. The first-order valence-corrected chi connectivity index (χ1v) is 10.4. The third-order valence-corrected chi connectivity index (χ3v) is 5.37. The number of nitrogens with one attached hydrogen (secondary N) is 1. The lowest BCUT2D eigenvalue weighted by Crippen LogP contribution is -2.19. The summed E-state index contributed by atoms with van der Waals surface area (Å²) in [4.78, 5) is 1.19. The van der Waals surface area contributed by atoms with Crippen LogP contribution >= 0.6 is 11.8 Å². The molecule has 0 aromatic heterocycles. The van der Waals surface area contributed by atoms with Crippen LogP contribution in [0.3, 0.4) is 0 Å². The van der Waals surface area contributed by atoms with Crippen molar-refractivity contribution in [3.63, 3.8) is 0 Å². The van der Waals surface area contributed by atoms with Crippen molar-refractivity contribution < 1.29 is 18.3 Å². The van der Waals surface area contributed by atoms with E-state index in [9.17, 15) is 8.42 Å². The second-order valence-corrected chi connectivity index (χ2v) is 7.86. The zero-order chi connectivity index (χ0) is 18.4. The van der Waals surface area contributed by atoms with Gasteiger partial charge >= 0.3 is 0 Å². The van der Waals surface area contributed by atoms with Crippen LogP contribution in [0.5, 0.6) is 11.5 Å². The number of sulfonamides is 1. The Balaban J connectivity index is 2.33. The molecule has 4 N–H and O–H groups in total. The second-order valence-electron chi connectivity index (χ2n) is 5.45. The van der Waals surface area contributed by atoms with Gasteiger partial charge in [0, 0.05) is 23.5 Å². The summed E-state index contributed by atoms with van der Waals surface area (Å²) in [5, 5.41) is 17.1. The minimum Gasteiger partial charge on any atom is -0.457 e. The molecular weight excluding hydrogens is 360 g/mol. The molecule has 8 heteroatoms. The Hall–Kier alpha value is -1.58. The fourth-order valence-corrected chi connectivity index (χ4v) is 3.46. The number of aryl methyl sites for hydroxylation is 1. The number of aliphatic hydroxyl groups excluding tert-OH is 1. The van der Waals surface area contributed by atoms with Crippen LogP contribution in [0.25, 0.3) is 0 Å². The number of hydrogen-bond donors (Lipinski definition) is 3.